The highest BCUT2D eigenvalue weighted by molar-refractivity contribution is 5.91. The van der Waals surface area contributed by atoms with Gasteiger partial charge in [-0.25, -0.2) is 0 Å². The van der Waals surface area contributed by atoms with E-state index in [4.69, 9.17) is 15.6 Å². The van der Waals surface area contributed by atoms with E-state index in [0.717, 1.165) is 48.4 Å². The first kappa shape index (κ1) is 24.3. The molecule has 2 heterocycles. The van der Waals surface area contributed by atoms with E-state index in [2.05, 4.69) is 100 Å². The Morgan fingerprint density at radius 2 is 1.97 bits per heavy atom. The Hall–Kier alpha value is -3.44. The van der Waals surface area contributed by atoms with Crippen molar-refractivity contribution >= 4 is 16.5 Å². The van der Waals surface area contributed by atoms with E-state index >= 15 is 0 Å². The summed E-state index contributed by atoms with van der Waals surface area (Å²) in [5.41, 5.74) is 7.02. The Morgan fingerprint density at radius 3 is 2.72 bits per heavy atom. The smallest absolute Gasteiger partial charge is 0.138 e. The lowest BCUT2D eigenvalue weighted by atomic mass is 9.75. The number of benzene rings is 2. The third kappa shape index (κ3) is 4.44. The molecule has 1 aliphatic heterocycles. The number of para-hydroxylation sites is 1. The number of allylic oxidation sites excluding steroid dienone is 3. The number of aryl methyl sites for hydroxylation is 1. The number of terminal acetylenes is 1. The fraction of sp³-hybridized carbons (Fsp3) is 0.353. The molecule has 4 atom stereocenters. The molecule has 1 aromatic heterocycles. The first-order chi connectivity index (χ1) is 17.5. The van der Waals surface area contributed by atoms with E-state index in [1.807, 2.05) is 0 Å². The molecular weight excluding hydrogens is 440 g/mol. The normalized spacial score (nSPS) is 22.4. The van der Waals surface area contributed by atoms with Crippen LogP contribution < -0.4 is 0 Å². The summed E-state index contributed by atoms with van der Waals surface area (Å²) in [5.74, 6) is 5.97. The molecule has 2 aromatic carbocycles. The summed E-state index contributed by atoms with van der Waals surface area (Å²) < 4.78 is 12.8. The quantitative estimate of drug-likeness (QED) is 0.318. The Morgan fingerprint density at radius 1 is 1.14 bits per heavy atom. The lowest BCUT2D eigenvalue weighted by Crippen LogP contribution is -2.26. The van der Waals surface area contributed by atoms with Crippen molar-refractivity contribution in [2.75, 3.05) is 0 Å². The van der Waals surface area contributed by atoms with Crippen LogP contribution >= 0.6 is 0 Å². The van der Waals surface area contributed by atoms with E-state index in [0.29, 0.717) is 11.8 Å². The average Bonchev–Trinajstić information content (AvgIpc) is 3.45. The Kier molecular flexibility index (Phi) is 6.92. The molecule has 0 saturated carbocycles. The van der Waals surface area contributed by atoms with Crippen LogP contribution in [0.1, 0.15) is 62.5 Å². The van der Waals surface area contributed by atoms with Crippen molar-refractivity contribution in [3.63, 3.8) is 0 Å². The molecule has 4 unspecified atom stereocenters. The maximum Gasteiger partial charge on any atom is 0.138 e. The zero-order valence-electron chi connectivity index (χ0n) is 21.9. The molecule has 0 radical (unpaired) electrons. The van der Waals surface area contributed by atoms with E-state index in [9.17, 15) is 0 Å². The van der Waals surface area contributed by atoms with E-state index < -0.39 is 0 Å². The average molecular weight is 477 g/mol. The number of rotatable bonds is 7. The Labute approximate surface area is 215 Å². The van der Waals surface area contributed by atoms with Gasteiger partial charge in [0.15, 0.2) is 0 Å². The summed E-state index contributed by atoms with van der Waals surface area (Å²) in [6.07, 6.45) is 16.8. The van der Waals surface area contributed by atoms with Crippen LogP contribution in [0.25, 0.3) is 16.5 Å². The van der Waals surface area contributed by atoms with Gasteiger partial charge < -0.3 is 9.15 Å². The molecule has 3 aromatic rings. The van der Waals surface area contributed by atoms with Crippen LogP contribution in [0.4, 0.5) is 0 Å². The monoisotopic (exact) mass is 476 g/mol. The van der Waals surface area contributed by atoms with Crippen LogP contribution in [0, 0.1) is 37.0 Å². The minimum absolute atomic E-state index is 0.136. The van der Waals surface area contributed by atoms with Gasteiger partial charge in [-0.1, -0.05) is 86.9 Å². The Bertz CT molecular complexity index is 1390. The summed E-state index contributed by atoms with van der Waals surface area (Å²) in [7, 11) is 0. The zero-order valence-corrected chi connectivity index (χ0v) is 21.9. The molecular formula is C34H36O2. The summed E-state index contributed by atoms with van der Waals surface area (Å²) in [4.78, 5) is 0. The predicted octanol–water partition coefficient (Wildman–Crippen LogP) is 8.65. The van der Waals surface area contributed by atoms with Gasteiger partial charge in [0, 0.05) is 22.4 Å². The second-order valence-corrected chi connectivity index (χ2v) is 10.4. The van der Waals surface area contributed by atoms with Crippen LogP contribution in [0.3, 0.4) is 0 Å². The zero-order chi connectivity index (χ0) is 25.2. The molecule has 0 saturated heterocycles. The summed E-state index contributed by atoms with van der Waals surface area (Å²) in [5, 5.41) is 1.23. The molecule has 0 spiro atoms. The van der Waals surface area contributed by atoms with Gasteiger partial charge in [-0.3, -0.25) is 0 Å². The molecule has 184 valence electrons. The molecule has 2 nitrogen and oxygen atoms in total. The van der Waals surface area contributed by atoms with E-state index in [-0.39, 0.29) is 12.0 Å². The molecule has 2 heteroatoms. The SMILES string of the molecule is C#CC1=C(/C=C\CC)OC(CC)C1C(C)CC1C=C(c2cccc(C)c2)c2oc3ccccc3c2C1. The second-order valence-electron chi connectivity index (χ2n) is 10.4. The summed E-state index contributed by atoms with van der Waals surface area (Å²) in [6.45, 7) is 8.83. The highest BCUT2D eigenvalue weighted by Gasteiger charge is 2.39. The topological polar surface area (TPSA) is 22.4 Å². The van der Waals surface area contributed by atoms with Gasteiger partial charge in [-0.2, -0.15) is 0 Å². The van der Waals surface area contributed by atoms with Crippen molar-refractivity contribution in [3.8, 4) is 12.3 Å². The van der Waals surface area contributed by atoms with Crippen molar-refractivity contribution in [1.29, 1.82) is 0 Å². The van der Waals surface area contributed by atoms with Gasteiger partial charge >= 0.3 is 0 Å². The standard InChI is InChI=1S/C34H36O2/c1-6-9-16-31-26(7-2)33(30(8-3)35-31)23(5)19-24-20-28(25-14-12-13-22(4)18-25)34-29(21-24)27-15-10-11-17-32(27)36-34/h2,9-18,20,23-24,30,33H,6,8,19,21H2,1,3-5H3/b16-9-. The van der Waals surface area contributed by atoms with Crippen LogP contribution in [0.5, 0.6) is 0 Å². The third-order valence-electron chi connectivity index (χ3n) is 7.77. The number of furan rings is 1. The number of hydrogen-bond donors (Lipinski definition) is 0. The first-order valence-corrected chi connectivity index (χ1v) is 13.4. The maximum absolute atomic E-state index is 6.44. The van der Waals surface area contributed by atoms with Crippen molar-refractivity contribution < 1.29 is 9.15 Å². The number of hydrogen-bond acceptors (Lipinski definition) is 2. The van der Waals surface area contributed by atoms with Crippen molar-refractivity contribution in [2.45, 2.75) is 59.5 Å². The van der Waals surface area contributed by atoms with Gasteiger partial charge in [0.1, 0.15) is 23.2 Å². The molecule has 2 aliphatic rings. The minimum atomic E-state index is 0.136. The summed E-state index contributed by atoms with van der Waals surface area (Å²) >= 11 is 0. The van der Waals surface area contributed by atoms with Crippen molar-refractivity contribution in [1.82, 2.24) is 0 Å². The predicted molar refractivity (Wildman–Crippen MR) is 149 cm³/mol. The number of ether oxygens (including phenoxy) is 1. The lowest BCUT2D eigenvalue weighted by Gasteiger charge is -2.29. The van der Waals surface area contributed by atoms with Crippen LogP contribution in [-0.2, 0) is 11.2 Å². The van der Waals surface area contributed by atoms with E-state index in [1.54, 1.807) is 0 Å². The highest BCUT2D eigenvalue weighted by atomic mass is 16.5. The molecule has 0 bridgehead atoms. The van der Waals surface area contributed by atoms with Gasteiger partial charge in [0.25, 0.3) is 0 Å². The van der Waals surface area contributed by atoms with Crippen LogP contribution in [0.15, 0.2) is 82.5 Å². The van der Waals surface area contributed by atoms with Gasteiger partial charge in [-0.15, -0.1) is 6.42 Å². The fourth-order valence-corrected chi connectivity index (χ4v) is 6.13. The Balaban J connectivity index is 1.51. The van der Waals surface area contributed by atoms with Gasteiger partial charge in [0.2, 0.25) is 0 Å². The number of fused-ring (bicyclic) bond motifs is 3. The largest absolute Gasteiger partial charge is 0.489 e. The molecule has 0 fully saturated rings. The first-order valence-electron chi connectivity index (χ1n) is 13.4. The highest BCUT2D eigenvalue weighted by Crippen LogP contribution is 2.45. The molecule has 36 heavy (non-hydrogen) atoms. The fourth-order valence-electron chi connectivity index (χ4n) is 6.13. The van der Waals surface area contributed by atoms with Crippen LogP contribution in [-0.4, -0.2) is 6.10 Å². The molecule has 1 aliphatic carbocycles. The maximum atomic E-state index is 6.44. The molecule has 0 amide bonds. The minimum Gasteiger partial charge on any atom is -0.489 e. The summed E-state index contributed by atoms with van der Waals surface area (Å²) in [6, 6.07) is 17.2. The van der Waals surface area contributed by atoms with E-state index in [1.165, 1.54) is 27.6 Å². The van der Waals surface area contributed by atoms with Gasteiger partial charge in [-0.05, 0) is 62.1 Å². The second kappa shape index (κ2) is 10.3. The van der Waals surface area contributed by atoms with Crippen molar-refractivity contribution in [3.05, 3.63) is 101 Å². The third-order valence-corrected chi connectivity index (χ3v) is 7.77. The van der Waals surface area contributed by atoms with Gasteiger partial charge in [0.05, 0.1) is 5.57 Å². The van der Waals surface area contributed by atoms with Crippen molar-refractivity contribution in [2.24, 2.45) is 17.8 Å². The molecule has 0 N–H and O–H groups in total. The molecule has 5 rings (SSSR count). The lowest BCUT2D eigenvalue weighted by molar-refractivity contribution is 0.0911. The van der Waals surface area contributed by atoms with Crippen LogP contribution in [0.2, 0.25) is 0 Å².